The predicted molar refractivity (Wildman–Crippen MR) is 79.6 cm³/mol. The van der Waals surface area contributed by atoms with Crippen LogP contribution in [-0.4, -0.2) is 49.3 Å². The minimum Gasteiger partial charge on any atom is -0.335 e. The molecule has 1 aliphatic rings. The van der Waals surface area contributed by atoms with E-state index < -0.39 is 0 Å². The monoisotopic (exact) mass is 259 g/mol. The highest BCUT2D eigenvalue weighted by atomic mass is 16.2. The Labute approximate surface area is 116 Å². The van der Waals surface area contributed by atoms with Crippen molar-refractivity contribution in [2.75, 3.05) is 19.6 Å². The van der Waals surface area contributed by atoms with Gasteiger partial charge in [0.25, 0.3) is 5.91 Å². The lowest BCUT2D eigenvalue weighted by atomic mass is 9.99. The molecular formula is C14H22BN3O. The summed E-state index contributed by atoms with van der Waals surface area (Å²) in [5, 5.41) is 3.39. The smallest absolute Gasteiger partial charge is 0.255 e. The van der Waals surface area contributed by atoms with Gasteiger partial charge >= 0.3 is 0 Å². The van der Waals surface area contributed by atoms with Gasteiger partial charge in [0.1, 0.15) is 0 Å². The standard InChI is InChI=1S/C14H22BN3O/c1-10-7-11(2)18(6-5-16-8-10)14(19)12-3-4-13(15)17-9-12/h3-4,9-11,16H,5-8,15H2,1-2H3. The molecule has 102 valence electrons. The van der Waals surface area contributed by atoms with Crippen LogP contribution in [-0.2, 0) is 0 Å². The number of rotatable bonds is 1. The van der Waals surface area contributed by atoms with E-state index in [1.807, 2.05) is 24.9 Å². The number of carbonyl (C=O) groups excluding carboxylic acids is 1. The van der Waals surface area contributed by atoms with Crippen LogP contribution >= 0.6 is 0 Å². The Balaban J connectivity index is 2.13. The van der Waals surface area contributed by atoms with E-state index in [4.69, 9.17) is 0 Å². The second-order valence-corrected chi connectivity index (χ2v) is 5.58. The fourth-order valence-electron chi connectivity index (χ4n) is 2.62. The molecule has 5 heteroatoms. The maximum atomic E-state index is 12.6. The number of carbonyl (C=O) groups is 1. The Morgan fingerprint density at radius 3 is 2.95 bits per heavy atom. The summed E-state index contributed by atoms with van der Waals surface area (Å²) in [4.78, 5) is 18.7. The highest BCUT2D eigenvalue weighted by Gasteiger charge is 2.24. The van der Waals surface area contributed by atoms with E-state index in [9.17, 15) is 4.79 Å². The zero-order chi connectivity index (χ0) is 13.8. The molecule has 2 rings (SSSR count). The first kappa shape index (κ1) is 14.1. The van der Waals surface area contributed by atoms with Gasteiger partial charge in [-0.3, -0.25) is 9.78 Å². The van der Waals surface area contributed by atoms with Gasteiger partial charge in [0.2, 0.25) is 0 Å². The normalized spacial score (nSPS) is 24.6. The average molecular weight is 259 g/mol. The van der Waals surface area contributed by atoms with Crippen molar-refractivity contribution in [3.05, 3.63) is 23.9 Å². The predicted octanol–water partition coefficient (Wildman–Crippen LogP) is -0.200. The van der Waals surface area contributed by atoms with Crippen molar-refractivity contribution in [2.24, 2.45) is 5.92 Å². The van der Waals surface area contributed by atoms with Crippen molar-refractivity contribution in [1.82, 2.24) is 15.2 Å². The largest absolute Gasteiger partial charge is 0.335 e. The fraction of sp³-hybridized carbons (Fsp3) is 0.571. The van der Waals surface area contributed by atoms with Gasteiger partial charge in [0, 0.05) is 25.3 Å². The maximum absolute atomic E-state index is 12.6. The molecule has 4 nitrogen and oxygen atoms in total. The molecule has 1 aromatic rings. The van der Waals surface area contributed by atoms with Crippen molar-refractivity contribution >= 4 is 19.3 Å². The first-order chi connectivity index (χ1) is 9.08. The lowest BCUT2D eigenvalue weighted by molar-refractivity contribution is 0.0656. The second kappa shape index (κ2) is 6.19. The van der Waals surface area contributed by atoms with Crippen molar-refractivity contribution in [3.63, 3.8) is 0 Å². The van der Waals surface area contributed by atoms with Crippen LogP contribution in [0.3, 0.4) is 0 Å². The molecule has 1 aliphatic heterocycles. The number of nitrogens with one attached hydrogen (secondary N) is 1. The van der Waals surface area contributed by atoms with Gasteiger partial charge < -0.3 is 10.2 Å². The van der Waals surface area contributed by atoms with E-state index in [0.29, 0.717) is 11.5 Å². The molecule has 1 amide bonds. The number of amides is 1. The fourth-order valence-corrected chi connectivity index (χ4v) is 2.62. The van der Waals surface area contributed by atoms with Crippen molar-refractivity contribution in [1.29, 1.82) is 0 Å². The molecule has 0 aromatic carbocycles. The molecule has 1 saturated heterocycles. The summed E-state index contributed by atoms with van der Waals surface area (Å²) < 4.78 is 0. The van der Waals surface area contributed by atoms with Crippen molar-refractivity contribution in [3.8, 4) is 0 Å². The summed E-state index contributed by atoms with van der Waals surface area (Å²) in [6.45, 7) is 7.03. The zero-order valence-corrected chi connectivity index (χ0v) is 12.0. The van der Waals surface area contributed by atoms with Crippen LogP contribution in [0.2, 0.25) is 0 Å². The molecule has 2 heterocycles. The van der Waals surface area contributed by atoms with Crippen molar-refractivity contribution < 1.29 is 4.79 Å². The average Bonchev–Trinajstić information content (AvgIpc) is 2.36. The van der Waals surface area contributed by atoms with E-state index in [1.54, 1.807) is 6.20 Å². The summed E-state index contributed by atoms with van der Waals surface area (Å²) in [5.74, 6) is 0.692. The Morgan fingerprint density at radius 1 is 1.47 bits per heavy atom. The number of hydrogen-bond acceptors (Lipinski definition) is 3. The van der Waals surface area contributed by atoms with Crippen LogP contribution in [0.5, 0.6) is 0 Å². The van der Waals surface area contributed by atoms with Crippen molar-refractivity contribution in [2.45, 2.75) is 26.3 Å². The van der Waals surface area contributed by atoms with Crippen LogP contribution in [0.4, 0.5) is 0 Å². The lowest BCUT2D eigenvalue weighted by Crippen LogP contribution is -2.46. The third-order valence-electron chi connectivity index (χ3n) is 3.72. The lowest BCUT2D eigenvalue weighted by Gasteiger charge is -2.33. The van der Waals surface area contributed by atoms with Gasteiger partial charge in [-0.05, 0) is 37.5 Å². The number of aromatic nitrogens is 1. The van der Waals surface area contributed by atoms with Crippen LogP contribution in [0, 0.1) is 5.92 Å². The van der Waals surface area contributed by atoms with E-state index in [1.165, 1.54) is 0 Å². The molecule has 1 N–H and O–H groups in total. The summed E-state index contributed by atoms with van der Waals surface area (Å²) in [7, 11) is 1.93. The molecule has 1 fully saturated rings. The minimum atomic E-state index is 0.0934. The Kier molecular flexibility index (Phi) is 4.58. The molecule has 1 aromatic heterocycles. The Bertz CT molecular complexity index is 435. The topological polar surface area (TPSA) is 45.2 Å². The number of nitrogens with zero attached hydrogens (tertiary/aromatic N) is 2. The highest BCUT2D eigenvalue weighted by Crippen LogP contribution is 2.15. The SMILES string of the molecule is Bc1ccc(C(=O)N2CCNCC(C)CC2C)cn1. The van der Waals surface area contributed by atoms with Gasteiger partial charge in [-0.2, -0.15) is 0 Å². The molecule has 2 unspecified atom stereocenters. The van der Waals surface area contributed by atoms with Crippen LogP contribution < -0.4 is 10.9 Å². The third kappa shape index (κ3) is 3.56. The Hall–Kier alpha value is -1.36. The molecule has 2 atom stereocenters. The van der Waals surface area contributed by atoms with E-state index in [-0.39, 0.29) is 11.9 Å². The highest BCUT2D eigenvalue weighted by molar-refractivity contribution is 6.30. The van der Waals surface area contributed by atoms with Gasteiger partial charge in [-0.25, -0.2) is 0 Å². The van der Waals surface area contributed by atoms with Gasteiger partial charge in [-0.15, -0.1) is 0 Å². The van der Waals surface area contributed by atoms with Crippen LogP contribution in [0.25, 0.3) is 0 Å². The molecule has 0 bridgehead atoms. The summed E-state index contributed by atoms with van der Waals surface area (Å²) >= 11 is 0. The molecule has 19 heavy (non-hydrogen) atoms. The second-order valence-electron chi connectivity index (χ2n) is 5.58. The first-order valence-electron chi connectivity index (χ1n) is 7.02. The first-order valence-corrected chi connectivity index (χ1v) is 7.02. The molecular weight excluding hydrogens is 237 g/mol. The summed E-state index contributed by atoms with van der Waals surface area (Å²) in [6, 6.07) is 4.04. The number of pyridine rings is 1. The molecule has 0 spiro atoms. The summed E-state index contributed by atoms with van der Waals surface area (Å²) in [5.41, 5.74) is 1.62. The third-order valence-corrected chi connectivity index (χ3v) is 3.72. The van der Waals surface area contributed by atoms with Gasteiger partial charge in [0.05, 0.1) is 5.56 Å². The van der Waals surface area contributed by atoms with Crippen LogP contribution in [0.15, 0.2) is 18.3 Å². The molecule has 0 radical (unpaired) electrons. The maximum Gasteiger partial charge on any atom is 0.255 e. The van der Waals surface area contributed by atoms with E-state index in [2.05, 4.69) is 24.1 Å². The number of hydrogen-bond donors (Lipinski definition) is 1. The minimum absolute atomic E-state index is 0.0934. The van der Waals surface area contributed by atoms with Gasteiger partial charge in [0.15, 0.2) is 7.85 Å². The summed E-state index contributed by atoms with van der Waals surface area (Å²) in [6.07, 6.45) is 2.72. The van der Waals surface area contributed by atoms with E-state index >= 15 is 0 Å². The molecule has 0 saturated carbocycles. The van der Waals surface area contributed by atoms with E-state index in [0.717, 1.165) is 31.6 Å². The zero-order valence-electron chi connectivity index (χ0n) is 12.0. The molecule has 0 aliphatic carbocycles. The van der Waals surface area contributed by atoms with Gasteiger partial charge in [-0.1, -0.05) is 13.0 Å². The Morgan fingerprint density at radius 2 is 2.26 bits per heavy atom. The quantitative estimate of drug-likeness (QED) is 0.710. The van der Waals surface area contributed by atoms with Crippen LogP contribution in [0.1, 0.15) is 30.6 Å².